The van der Waals surface area contributed by atoms with Gasteiger partial charge in [-0.05, 0) is 12.1 Å². The van der Waals surface area contributed by atoms with E-state index in [2.05, 4.69) is 30.8 Å². The second-order valence-corrected chi connectivity index (χ2v) is 5.80. The van der Waals surface area contributed by atoms with Crippen molar-refractivity contribution in [3.63, 3.8) is 0 Å². The molecule has 0 fully saturated rings. The van der Waals surface area contributed by atoms with E-state index >= 15 is 0 Å². The summed E-state index contributed by atoms with van der Waals surface area (Å²) in [7, 11) is 1.33. The maximum Gasteiger partial charge on any atom is 0.435 e. The van der Waals surface area contributed by atoms with Crippen LogP contribution in [0.25, 0.3) is 22.6 Å². The quantitative estimate of drug-likeness (QED) is 0.531. The summed E-state index contributed by atoms with van der Waals surface area (Å²) < 4.78 is 50.6. The van der Waals surface area contributed by atoms with Crippen LogP contribution < -0.4 is 5.32 Å². The molecule has 4 rings (SSSR count). The molecular weight excluding hydrogens is 383 g/mol. The number of H-pyrrole nitrogens is 1. The number of carbonyl (C=O) groups is 1. The zero-order valence-corrected chi connectivity index (χ0v) is 14.2. The number of amides is 1. The van der Waals surface area contributed by atoms with Crippen LogP contribution in [0.2, 0.25) is 0 Å². The predicted molar refractivity (Wildman–Crippen MR) is 86.8 cm³/mol. The van der Waals surface area contributed by atoms with Crippen LogP contribution in [0, 0.1) is 0 Å². The summed E-state index contributed by atoms with van der Waals surface area (Å²) in [4.78, 5) is 16.2. The smallest absolute Gasteiger partial charge is 0.435 e. The highest BCUT2D eigenvalue weighted by atomic mass is 19.4. The molecule has 0 saturated heterocycles. The molecule has 1 amide bonds. The minimum absolute atomic E-state index is 0.0254. The van der Waals surface area contributed by atoms with Crippen LogP contribution in [0.4, 0.5) is 19.0 Å². The lowest BCUT2D eigenvalue weighted by atomic mass is 10.2. The Morgan fingerprint density at radius 3 is 2.93 bits per heavy atom. The topological polar surface area (TPSA) is 128 Å². The third-order valence-corrected chi connectivity index (χ3v) is 3.85. The van der Waals surface area contributed by atoms with Crippen LogP contribution in [0.15, 0.2) is 27.3 Å². The number of hydrogen-bond acceptors (Lipinski definition) is 7. The van der Waals surface area contributed by atoms with Crippen molar-refractivity contribution in [3.05, 3.63) is 30.0 Å². The van der Waals surface area contributed by atoms with Gasteiger partial charge in [-0.3, -0.25) is 9.89 Å². The molecule has 0 aromatic carbocycles. The molecule has 4 aromatic rings. The normalized spacial score (nSPS) is 12.0. The van der Waals surface area contributed by atoms with Gasteiger partial charge in [0.05, 0.1) is 11.6 Å². The summed E-state index contributed by atoms with van der Waals surface area (Å²) in [6.07, 6.45) is -3.23. The molecule has 146 valence electrons. The summed E-state index contributed by atoms with van der Waals surface area (Å²) in [6.45, 7) is 0. The van der Waals surface area contributed by atoms with E-state index in [1.807, 2.05) is 0 Å². The summed E-state index contributed by atoms with van der Waals surface area (Å²) in [6, 6.07) is 3.31. The monoisotopic (exact) mass is 395 g/mol. The van der Waals surface area contributed by atoms with Crippen LogP contribution in [0.1, 0.15) is 18.0 Å². The fraction of sp³-hybridized carbons (Fsp3) is 0.267. The Hall–Kier alpha value is -3.64. The molecule has 4 aromatic heterocycles. The van der Waals surface area contributed by atoms with Crippen molar-refractivity contribution < 1.29 is 26.9 Å². The van der Waals surface area contributed by atoms with Crippen molar-refractivity contribution in [1.82, 2.24) is 30.1 Å². The van der Waals surface area contributed by atoms with Gasteiger partial charge in [0.2, 0.25) is 17.6 Å². The number of alkyl halides is 3. The SMILES string of the molecule is Cn1nc(C(F)(F)F)c2c(NC(=O)CCc3nc(-c4ccco4)no3)[nH]nc21. The average Bonchev–Trinajstić information content (AvgIpc) is 3.39. The lowest BCUT2D eigenvalue weighted by molar-refractivity contribution is -0.140. The van der Waals surface area contributed by atoms with E-state index in [0.29, 0.717) is 5.76 Å². The molecule has 28 heavy (non-hydrogen) atoms. The van der Waals surface area contributed by atoms with Crippen molar-refractivity contribution in [2.75, 3.05) is 5.32 Å². The zero-order chi connectivity index (χ0) is 19.9. The van der Waals surface area contributed by atoms with Gasteiger partial charge in [-0.1, -0.05) is 5.16 Å². The number of furan rings is 1. The number of aromatic nitrogens is 6. The highest BCUT2D eigenvalue weighted by molar-refractivity contribution is 6.00. The van der Waals surface area contributed by atoms with Gasteiger partial charge in [0, 0.05) is 19.9 Å². The minimum atomic E-state index is -4.69. The molecule has 13 heteroatoms. The molecule has 0 bridgehead atoms. The van der Waals surface area contributed by atoms with E-state index < -0.39 is 17.8 Å². The second kappa shape index (κ2) is 6.51. The maximum absolute atomic E-state index is 13.1. The van der Waals surface area contributed by atoms with Gasteiger partial charge in [-0.2, -0.15) is 28.4 Å². The average molecular weight is 395 g/mol. The van der Waals surface area contributed by atoms with E-state index in [1.165, 1.54) is 13.3 Å². The first-order valence-electron chi connectivity index (χ1n) is 7.97. The van der Waals surface area contributed by atoms with E-state index in [0.717, 1.165) is 4.68 Å². The molecule has 0 atom stereocenters. The van der Waals surface area contributed by atoms with Gasteiger partial charge < -0.3 is 14.3 Å². The van der Waals surface area contributed by atoms with Crippen LogP contribution in [-0.2, 0) is 24.4 Å². The summed E-state index contributed by atoms with van der Waals surface area (Å²) in [5.41, 5.74) is -1.16. The van der Waals surface area contributed by atoms with E-state index in [1.54, 1.807) is 12.1 Å². The number of anilines is 1. The zero-order valence-electron chi connectivity index (χ0n) is 14.2. The molecule has 0 spiro atoms. The molecule has 0 unspecified atom stereocenters. The lowest BCUT2D eigenvalue weighted by Gasteiger charge is -2.04. The molecule has 0 aliphatic rings. The largest absolute Gasteiger partial charge is 0.461 e. The number of carbonyl (C=O) groups excluding carboxylic acids is 1. The Balaban J connectivity index is 1.46. The summed E-state index contributed by atoms with van der Waals surface area (Å²) >= 11 is 0. The van der Waals surface area contributed by atoms with Crippen molar-refractivity contribution in [2.24, 2.45) is 7.05 Å². The highest BCUT2D eigenvalue weighted by Crippen LogP contribution is 2.36. The van der Waals surface area contributed by atoms with Gasteiger partial charge >= 0.3 is 6.18 Å². The fourth-order valence-electron chi connectivity index (χ4n) is 2.61. The van der Waals surface area contributed by atoms with Gasteiger partial charge in [0.25, 0.3) is 0 Å². The number of nitrogens with one attached hydrogen (secondary N) is 2. The Bertz CT molecular complexity index is 1120. The van der Waals surface area contributed by atoms with Crippen molar-refractivity contribution >= 4 is 22.8 Å². The first-order chi connectivity index (χ1) is 13.3. The van der Waals surface area contributed by atoms with Crippen LogP contribution in [0.3, 0.4) is 0 Å². The van der Waals surface area contributed by atoms with Crippen LogP contribution in [-0.4, -0.2) is 36.0 Å². The van der Waals surface area contributed by atoms with Gasteiger partial charge in [0.1, 0.15) is 5.82 Å². The van der Waals surface area contributed by atoms with Gasteiger partial charge in [0.15, 0.2) is 17.1 Å². The third-order valence-electron chi connectivity index (χ3n) is 3.85. The summed E-state index contributed by atoms with van der Waals surface area (Å²) in [5, 5.41) is 15.4. The number of fused-ring (bicyclic) bond motifs is 1. The number of aryl methyl sites for hydroxylation is 2. The number of aromatic amines is 1. The minimum Gasteiger partial charge on any atom is -0.461 e. The Labute approximate surface area is 153 Å². The van der Waals surface area contributed by atoms with Gasteiger partial charge in [-0.15, -0.1) is 0 Å². The molecular formula is C15H12F3N7O3. The van der Waals surface area contributed by atoms with Crippen molar-refractivity contribution in [1.29, 1.82) is 0 Å². The highest BCUT2D eigenvalue weighted by Gasteiger charge is 2.38. The predicted octanol–water partition coefficient (Wildman–Crippen LogP) is 2.53. The molecule has 0 aliphatic carbocycles. The number of hydrogen-bond donors (Lipinski definition) is 2. The van der Waals surface area contributed by atoms with E-state index in [4.69, 9.17) is 8.94 Å². The third kappa shape index (κ3) is 3.21. The van der Waals surface area contributed by atoms with E-state index in [-0.39, 0.29) is 41.4 Å². The Morgan fingerprint density at radius 2 is 2.21 bits per heavy atom. The second-order valence-electron chi connectivity index (χ2n) is 5.80. The molecule has 0 radical (unpaired) electrons. The number of rotatable bonds is 5. The molecule has 2 N–H and O–H groups in total. The molecule has 0 aliphatic heterocycles. The van der Waals surface area contributed by atoms with Crippen molar-refractivity contribution in [2.45, 2.75) is 19.0 Å². The molecule has 10 nitrogen and oxygen atoms in total. The van der Waals surface area contributed by atoms with E-state index in [9.17, 15) is 18.0 Å². The van der Waals surface area contributed by atoms with Crippen LogP contribution >= 0.6 is 0 Å². The molecule has 0 saturated carbocycles. The Kier molecular flexibility index (Phi) is 4.13. The summed E-state index contributed by atoms with van der Waals surface area (Å²) in [5.74, 6) is 0.104. The van der Waals surface area contributed by atoms with Crippen molar-refractivity contribution in [3.8, 4) is 11.6 Å². The first-order valence-corrected chi connectivity index (χ1v) is 7.97. The Morgan fingerprint density at radius 1 is 1.39 bits per heavy atom. The maximum atomic E-state index is 13.1. The lowest BCUT2D eigenvalue weighted by Crippen LogP contribution is -2.14. The molecule has 4 heterocycles. The number of halogens is 3. The van der Waals surface area contributed by atoms with Gasteiger partial charge in [-0.25, -0.2) is 4.68 Å². The fourth-order valence-corrected chi connectivity index (χ4v) is 2.61. The first kappa shape index (κ1) is 17.8. The standard InChI is InChI=1S/C15H12F3N7O3/c1-25-14-10(11(23-25)15(16,17)18)13(21-22-14)19-8(26)4-5-9-20-12(24-28-9)7-3-2-6-27-7/h2-3,6H,4-5H2,1H3,(H2,19,21,22,26). The van der Waals surface area contributed by atoms with Crippen LogP contribution in [0.5, 0.6) is 0 Å². The number of nitrogens with zero attached hydrogens (tertiary/aromatic N) is 5.